The van der Waals surface area contributed by atoms with Crippen LogP contribution in [0.3, 0.4) is 0 Å². The minimum absolute atomic E-state index is 0.123. The molecular formula is C8H13NO2S3. The van der Waals surface area contributed by atoms with Gasteiger partial charge in [-0.3, -0.25) is 0 Å². The third-order valence-electron chi connectivity index (χ3n) is 2.65. The van der Waals surface area contributed by atoms with Crippen molar-refractivity contribution in [2.75, 3.05) is 11.5 Å². The predicted octanol–water partition coefficient (Wildman–Crippen LogP) is 0.894. The Labute approximate surface area is 94.1 Å². The van der Waals surface area contributed by atoms with Crippen LogP contribution in [0.25, 0.3) is 0 Å². The first-order valence-electron chi connectivity index (χ1n) is 4.60. The van der Waals surface area contributed by atoms with Gasteiger partial charge in [0.15, 0.2) is 9.84 Å². The zero-order valence-electron chi connectivity index (χ0n) is 8.13. The van der Waals surface area contributed by atoms with Gasteiger partial charge in [0.05, 0.1) is 17.5 Å². The van der Waals surface area contributed by atoms with E-state index in [1.54, 1.807) is 11.8 Å². The van der Waals surface area contributed by atoms with Crippen LogP contribution in [-0.2, 0) is 9.84 Å². The summed E-state index contributed by atoms with van der Waals surface area (Å²) < 4.78 is 23.7. The third-order valence-corrected chi connectivity index (χ3v) is 6.27. The van der Waals surface area contributed by atoms with Crippen LogP contribution >= 0.6 is 24.0 Å². The molecule has 3 nitrogen and oxygen atoms in total. The molecule has 2 saturated heterocycles. The van der Waals surface area contributed by atoms with Gasteiger partial charge in [0.25, 0.3) is 0 Å². The molecule has 2 heterocycles. The van der Waals surface area contributed by atoms with E-state index in [9.17, 15) is 8.42 Å². The van der Waals surface area contributed by atoms with Crippen LogP contribution < -0.4 is 0 Å². The topological polar surface area (TPSA) is 37.4 Å². The monoisotopic (exact) mass is 251 g/mol. The molecule has 0 saturated carbocycles. The van der Waals surface area contributed by atoms with Gasteiger partial charge in [-0.05, 0) is 13.8 Å². The van der Waals surface area contributed by atoms with Crippen LogP contribution in [-0.4, -0.2) is 46.5 Å². The summed E-state index contributed by atoms with van der Waals surface area (Å²) in [7, 11) is -2.82. The second-order valence-corrected chi connectivity index (χ2v) is 8.09. The van der Waals surface area contributed by atoms with Crippen molar-refractivity contribution in [3.8, 4) is 0 Å². The van der Waals surface area contributed by atoms with E-state index in [-0.39, 0.29) is 17.0 Å². The molecule has 14 heavy (non-hydrogen) atoms. The van der Waals surface area contributed by atoms with Gasteiger partial charge in [0.2, 0.25) is 0 Å². The number of fused-ring (bicyclic) bond motifs is 1. The summed E-state index contributed by atoms with van der Waals surface area (Å²) in [6.07, 6.45) is 0. The van der Waals surface area contributed by atoms with Crippen LogP contribution in [0.4, 0.5) is 0 Å². The average molecular weight is 251 g/mol. The summed E-state index contributed by atoms with van der Waals surface area (Å²) in [6, 6.07) is 0.427. The zero-order valence-corrected chi connectivity index (χ0v) is 10.6. The van der Waals surface area contributed by atoms with Crippen molar-refractivity contribution in [1.29, 1.82) is 0 Å². The standard InChI is InChI=1S/C8H13NO2S3/c1-5(2)9-6-3-14(10,11)4-7(6)13-8(9)12/h5-7H,3-4H2,1-2H3/t6-,7+/m1/s1. The number of rotatable bonds is 1. The zero-order chi connectivity index (χ0) is 10.5. The van der Waals surface area contributed by atoms with Crippen molar-refractivity contribution >= 4 is 38.1 Å². The minimum Gasteiger partial charge on any atom is -0.350 e. The summed E-state index contributed by atoms with van der Waals surface area (Å²) in [5.41, 5.74) is 0. The quantitative estimate of drug-likeness (QED) is 0.647. The smallest absolute Gasteiger partial charge is 0.153 e. The van der Waals surface area contributed by atoms with Crippen LogP contribution in [0.1, 0.15) is 13.8 Å². The molecule has 0 amide bonds. The van der Waals surface area contributed by atoms with Crippen LogP contribution in [0.5, 0.6) is 0 Å². The van der Waals surface area contributed by atoms with Crippen molar-refractivity contribution in [2.45, 2.75) is 31.2 Å². The fraction of sp³-hybridized carbons (Fsp3) is 0.875. The maximum absolute atomic E-state index is 11.4. The maximum Gasteiger partial charge on any atom is 0.153 e. The molecule has 80 valence electrons. The van der Waals surface area contributed by atoms with Gasteiger partial charge in [-0.25, -0.2) is 8.42 Å². The van der Waals surface area contributed by atoms with E-state index in [4.69, 9.17) is 12.2 Å². The summed E-state index contributed by atoms with van der Waals surface area (Å²) >= 11 is 6.79. The van der Waals surface area contributed by atoms with Crippen molar-refractivity contribution in [3.05, 3.63) is 0 Å². The molecule has 2 aliphatic rings. The van der Waals surface area contributed by atoms with E-state index in [2.05, 4.69) is 18.7 Å². The van der Waals surface area contributed by atoms with E-state index in [0.29, 0.717) is 11.8 Å². The number of thiocarbonyl (C=S) groups is 1. The Morgan fingerprint density at radius 1 is 1.50 bits per heavy atom. The number of sulfone groups is 1. The molecule has 0 N–H and O–H groups in total. The second-order valence-electron chi connectivity index (χ2n) is 4.07. The highest BCUT2D eigenvalue weighted by molar-refractivity contribution is 8.24. The molecule has 0 aromatic carbocycles. The number of nitrogens with zero attached hydrogens (tertiary/aromatic N) is 1. The summed E-state index contributed by atoms with van der Waals surface area (Å²) in [6.45, 7) is 4.11. The van der Waals surface area contributed by atoms with E-state index in [1.165, 1.54) is 0 Å². The van der Waals surface area contributed by atoms with Crippen molar-refractivity contribution < 1.29 is 8.42 Å². The fourth-order valence-corrected chi connectivity index (χ4v) is 6.70. The lowest BCUT2D eigenvalue weighted by Gasteiger charge is -2.27. The highest BCUT2D eigenvalue weighted by Gasteiger charge is 2.48. The van der Waals surface area contributed by atoms with Gasteiger partial charge in [-0.1, -0.05) is 24.0 Å². The largest absolute Gasteiger partial charge is 0.350 e. The molecule has 0 spiro atoms. The van der Waals surface area contributed by atoms with Crippen LogP contribution in [0.15, 0.2) is 0 Å². The highest BCUT2D eigenvalue weighted by atomic mass is 32.2. The molecular weight excluding hydrogens is 238 g/mol. The Kier molecular flexibility index (Phi) is 2.56. The first kappa shape index (κ1) is 10.7. The first-order chi connectivity index (χ1) is 6.41. The molecule has 0 aromatic heterocycles. The first-order valence-corrected chi connectivity index (χ1v) is 7.71. The molecule has 2 rings (SSSR count). The Balaban J connectivity index is 2.26. The summed E-state index contributed by atoms with van der Waals surface area (Å²) in [5.74, 6) is 0.578. The molecule has 0 bridgehead atoms. The molecule has 0 unspecified atom stereocenters. The van der Waals surface area contributed by atoms with Crippen LogP contribution in [0.2, 0.25) is 0 Å². The molecule has 2 aliphatic heterocycles. The highest BCUT2D eigenvalue weighted by Crippen LogP contribution is 2.39. The Morgan fingerprint density at radius 3 is 2.71 bits per heavy atom. The third kappa shape index (κ3) is 1.67. The van der Waals surface area contributed by atoms with E-state index < -0.39 is 9.84 Å². The van der Waals surface area contributed by atoms with Crippen molar-refractivity contribution in [2.24, 2.45) is 0 Å². The van der Waals surface area contributed by atoms with E-state index in [0.717, 1.165) is 4.32 Å². The van der Waals surface area contributed by atoms with E-state index in [1.807, 2.05) is 0 Å². The maximum atomic E-state index is 11.4. The van der Waals surface area contributed by atoms with Gasteiger partial charge < -0.3 is 4.90 Å². The van der Waals surface area contributed by atoms with Crippen LogP contribution in [0, 0.1) is 0 Å². The second kappa shape index (κ2) is 3.35. The molecule has 2 atom stereocenters. The van der Waals surface area contributed by atoms with Crippen molar-refractivity contribution in [3.63, 3.8) is 0 Å². The van der Waals surface area contributed by atoms with Gasteiger partial charge in [-0.15, -0.1) is 0 Å². The molecule has 0 aliphatic carbocycles. The van der Waals surface area contributed by atoms with Gasteiger partial charge >= 0.3 is 0 Å². The van der Waals surface area contributed by atoms with Gasteiger partial charge in [0, 0.05) is 11.3 Å². The Bertz CT molecular complexity index is 363. The normalized spacial score (nSPS) is 35.4. The molecule has 6 heteroatoms. The fourth-order valence-electron chi connectivity index (χ4n) is 2.09. The number of thioether (sulfide) groups is 1. The predicted molar refractivity (Wildman–Crippen MR) is 63.4 cm³/mol. The summed E-state index contributed by atoms with van der Waals surface area (Å²) in [5, 5.41) is 0.176. The number of hydrogen-bond donors (Lipinski definition) is 0. The minimum atomic E-state index is -2.82. The Hall–Kier alpha value is 0.190. The molecule has 0 radical (unpaired) electrons. The number of hydrogen-bond acceptors (Lipinski definition) is 4. The molecule has 0 aromatic rings. The molecule has 2 fully saturated rings. The van der Waals surface area contributed by atoms with Gasteiger partial charge in [0.1, 0.15) is 4.32 Å². The SMILES string of the molecule is CC(C)N1C(=S)S[C@H]2CS(=O)(=O)C[C@H]21. The van der Waals surface area contributed by atoms with Gasteiger partial charge in [-0.2, -0.15) is 0 Å². The van der Waals surface area contributed by atoms with E-state index >= 15 is 0 Å². The lowest BCUT2D eigenvalue weighted by atomic mass is 10.2. The average Bonchev–Trinajstić information content (AvgIpc) is 2.37. The van der Waals surface area contributed by atoms with Crippen molar-refractivity contribution in [1.82, 2.24) is 4.90 Å². The lowest BCUT2D eigenvalue weighted by molar-refractivity contribution is 0.304. The lowest BCUT2D eigenvalue weighted by Crippen LogP contribution is -2.41. The summed E-state index contributed by atoms with van der Waals surface area (Å²) in [4.78, 5) is 2.08. The Morgan fingerprint density at radius 2 is 2.14 bits per heavy atom.